The minimum Gasteiger partial charge on any atom is -0.367 e. The maximum absolute atomic E-state index is 3.48. The Hall–Kier alpha value is -2.48. The molecule has 0 unspecified atom stereocenters. The summed E-state index contributed by atoms with van der Waals surface area (Å²) in [5.41, 5.74) is 6.39. The van der Waals surface area contributed by atoms with Crippen LogP contribution in [0.15, 0.2) is 60.7 Å². The Morgan fingerprint density at radius 1 is 0.900 bits per heavy atom. The van der Waals surface area contributed by atoms with Crippen molar-refractivity contribution in [2.45, 2.75) is 13.5 Å². The van der Waals surface area contributed by atoms with Crippen LogP contribution in [0.2, 0.25) is 0 Å². The van der Waals surface area contributed by atoms with E-state index in [0.717, 1.165) is 6.54 Å². The minimum atomic E-state index is 0.896. The van der Waals surface area contributed by atoms with Gasteiger partial charge in [0.25, 0.3) is 0 Å². The largest absolute Gasteiger partial charge is 0.367 e. The van der Waals surface area contributed by atoms with Gasteiger partial charge >= 0.3 is 0 Å². The topological polar surface area (TPSA) is 17.0 Å². The second-order valence-electron chi connectivity index (χ2n) is 5.29. The molecule has 0 amide bonds. The lowest BCUT2D eigenvalue weighted by atomic mass is 10.1. The predicted molar refractivity (Wildman–Crippen MR) is 83.3 cm³/mol. The van der Waals surface area contributed by atoms with Crippen molar-refractivity contribution in [1.29, 1.82) is 0 Å². The molecule has 1 aromatic heterocycles. The summed E-state index contributed by atoms with van der Waals surface area (Å²) in [5, 5.41) is 3.48. The molecule has 0 radical (unpaired) electrons. The van der Waals surface area contributed by atoms with Gasteiger partial charge in [-0.25, -0.2) is 0 Å². The molecule has 2 heterocycles. The minimum absolute atomic E-state index is 0.896. The van der Waals surface area contributed by atoms with E-state index < -0.39 is 0 Å². The maximum Gasteiger partial charge on any atom is 0.111 e. The van der Waals surface area contributed by atoms with Crippen LogP contribution in [0.25, 0.3) is 16.9 Å². The van der Waals surface area contributed by atoms with Crippen molar-refractivity contribution < 1.29 is 0 Å². The Kier molecular flexibility index (Phi) is 2.43. The summed E-state index contributed by atoms with van der Waals surface area (Å²) in [6, 6.07) is 21.6. The number of hydrogen-bond donors (Lipinski definition) is 1. The number of para-hydroxylation sites is 1. The molecule has 1 N–H and O–H groups in total. The van der Waals surface area contributed by atoms with Gasteiger partial charge in [-0.15, -0.1) is 0 Å². The molecule has 2 heteroatoms. The number of aryl methyl sites for hydroxylation is 1. The summed E-state index contributed by atoms with van der Waals surface area (Å²) in [6.45, 7) is 3.02. The number of hydrogen-bond acceptors (Lipinski definition) is 1. The zero-order valence-corrected chi connectivity index (χ0v) is 11.4. The van der Waals surface area contributed by atoms with Gasteiger partial charge in [-0.2, -0.15) is 0 Å². The summed E-state index contributed by atoms with van der Waals surface area (Å²) >= 11 is 0. The molecular formula is C18H16N2. The molecule has 1 aliphatic rings. The fraction of sp³-hybridized carbons (Fsp3) is 0.111. The molecule has 0 bridgehead atoms. The van der Waals surface area contributed by atoms with E-state index in [9.17, 15) is 0 Å². The molecule has 0 aliphatic carbocycles. The van der Waals surface area contributed by atoms with Crippen molar-refractivity contribution in [1.82, 2.24) is 4.57 Å². The third kappa shape index (κ3) is 1.65. The Balaban J connectivity index is 1.93. The Morgan fingerprint density at radius 2 is 1.70 bits per heavy atom. The van der Waals surface area contributed by atoms with Crippen LogP contribution in [-0.2, 0) is 6.54 Å². The van der Waals surface area contributed by atoms with Crippen molar-refractivity contribution in [3.8, 4) is 16.9 Å². The number of nitrogens with zero attached hydrogens (tertiary/aromatic N) is 1. The lowest BCUT2D eigenvalue weighted by molar-refractivity contribution is 0.957. The van der Waals surface area contributed by atoms with Gasteiger partial charge in [-0.3, -0.25) is 4.57 Å². The first-order valence-electron chi connectivity index (χ1n) is 6.94. The van der Waals surface area contributed by atoms with E-state index >= 15 is 0 Å². The summed E-state index contributed by atoms with van der Waals surface area (Å²) in [5.74, 6) is 1.17. The molecule has 0 fully saturated rings. The van der Waals surface area contributed by atoms with Crippen LogP contribution in [0.3, 0.4) is 0 Å². The molecule has 0 spiro atoms. The number of rotatable bonds is 1. The highest BCUT2D eigenvalue weighted by Crippen LogP contribution is 2.34. The monoisotopic (exact) mass is 260 g/mol. The number of aromatic nitrogens is 1. The average molecular weight is 260 g/mol. The van der Waals surface area contributed by atoms with E-state index in [1.807, 2.05) is 0 Å². The van der Waals surface area contributed by atoms with E-state index in [2.05, 4.69) is 77.5 Å². The van der Waals surface area contributed by atoms with Crippen molar-refractivity contribution in [2.24, 2.45) is 0 Å². The summed E-state index contributed by atoms with van der Waals surface area (Å²) in [7, 11) is 0. The summed E-state index contributed by atoms with van der Waals surface area (Å²) < 4.78 is 2.31. The number of nitrogens with one attached hydrogen (secondary N) is 1. The average Bonchev–Trinajstić information content (AvgIpc) is 2.92. The Bertz CT molecular complexity index is 766. The summed E-state index contributed by atoms with van der Waals surface area (Å²) in [6.07, 6.45) is 0. The van der Waals surface area contributed by atoms with Gasteiger partial charge in [0.2, 0.25) is 0 Å². The smallest absolute Gasteiger partial charge is 0.111 e. The first kappa shape index (κ1) is 11.4. The van der Waals surface area contributed by atoms with Gasteiger partial charge < -0.3 is 5.32 Å². The first-order chi connectivity index (χ1) is 9.83. The fourth-order valence-electron chi connectivity index (χ4n) is 2.85. The predicted octanol–water partition coefficient (Wildman–Crippen LogP) is 4.38. The van der Waals surface area contributed by atoms with Gasteiger partial charge in [-0.1, -0.05) is 48.0 Å². The van der Waals surface area contributed by atoms with E-state index in [0.29, 0.717) is 0 Å². The first-order valence-corrected chi connectivity index (χ1v) is 6.94. The molecule has 1 aliphatic heterocycles. The fourth-order valence-corrected chi connectivity index (χ4v) is 2.85. The van der Waals surface area contributed by atoms with Gasteiger partial charge in [0, 0.05) is 6.54 Å². The van der Waals surface area contributed by atoms with Gasteiger partial charge in [-0.05, 0) is 36.2 Å². The number of benzene rings is 2. The lowest BCUT2D eigenvalue weighted by Crippen LogP contribution is -2.14. The highest BCUT2D eigenvalue weighted by atomic mass is 15.1. The van der Waals surface area contributed by atoms with E-state index in [4.69, 9.17) is 0 Å². The van der Waals surface area contributed by atoms with Crippen molar-refractivity contribution in [3.05, 3.63) is 71.8 Å². The molecule has 98 valence electrons. The molecule has 0 saturated heterocycles. The third-order valence-electron chi connectivity index (χ3n) is 3.92. The highest BCUT2D eigenvalue weighted by Gasteiger charge is 2.18. The zero-order valence-electron chi connectivity index (χ0n) is 11.4. The van der Waals surface area contributed by atoms with Crippen LogP contribution in [0.5, 0.6) is 0 Å². The molecular weight excluding hydrogens is 244 g/mol. The molecule has 4 rings (SSSR count). The molecule has 0 saturated carbocycles. The van der Waals surface area contributed by atoms with E-state index in [1.54, 1.807) is 0 Å². The Morgan fingerprint density at radius 3 is 2.55 bits per heavy atom. The van der Waals surface area contributed by atoms with Crippen molar-refractivity contribution in [2.75, 3.05) is 5.32 Å². The van der Waals surface area contributed by atoms with Gasteiger partial charge in [0.1, 0.15) is 5.82 Å². The lowest BCUT2D eigenvalue weighted by Gasteiger charge is -2.23. The second-order valence-corrected chi connectivity index (χ2v) is 5.29. The molecule has 20 heavy (non-hydrogen) atoms. The number of anilines is 1. The SMILES string of the molecule is Cc1ccc(-c2ccc3n2-c2ccccc2CN3)cc1. The van der Waals surface area contributed by atoms with Gasteiger partial charge in [0.15, 0.2) is 0 Å². The van der Waals surface area contributed by atoms with Crippen LogP contribution >= 0.6 is 0 Å². The van der Waals surface area contributed by atoms with E-state index in [-0.39, 0.29) is 0 Å². The van der Waals surface area contributed by atoms with E-state index in [1.165, 1.54) is 33.9 Å². The van der Waals surface area contributed by atoms with Crippen LogP contribution < -0.4 is 5.32 Å². The number of fused-ring (bicyclic) bond motifs is 3. The van der Waals surface area contributed by atoms with Crippen LogP contribution in [0, 0.1) is 6.92 Å². The van der Waals surface area contributed by atoms with Crippen LogP contribution in [-0.4, -0.2) is 4.57 Å². The molecule has 2 nitrogen and oxygen atoms in total. The van der Waals surface area contributed by atoms with Crippen molar-refractivity contribution in [3.63, 3.8) is 0 Å². The molecule has 0 atom stereocenters. The van der Waals surface area contributed by atoms with Crippen molar-refractivity contribution >= 4 is 5.82 Å². The Labute approximate surface area is 118 Å². The summed E-state index contributed by atoms with van der Waals surface area (Å²) in [4.78, 5) is 0. The zero-order chi connectivity index (χ0) is 13.5. The molecule has 2 aromatic carbocycles. The normalized spacial score (nSPS) is 12.4. The van der Waals surface area contributed by atoms with Gasteiger partial charge in [0.05, 0.1) is 11.4 Å². The van der Waals surface area contributed by atoms with Crippen LogP contribution in [0.4, 0.5) is 5.82 Å². The quantitative estimate of drug-likeness (QED) is 0.687. The van der Waals surface area contributed by atoms with Crippen LogP contribution in [0.1, 0.15) is 11.1 Å². The third-order valence-corrected chi connectivity index (χ3v) is 3.92. The standard InChI is InChI=1S/C18H16N2/c1-13-6-8-14(9-7-13)17-10-11-18-19-12-15-4-2-3-5-16(15)20(17)18/h2-11,19H,12H2,1H3. The molecule has 3 aromatic rings. The maximum atomic E-state index is 3.48. The second kappa shape index (κ2) is 4.27. The highest BCUT2D eigenvalue weighted by molar-refractivity contribution is 5.71.